The van der Waals surface area contributed by atoms with Gasteiger partial charge in [0.15, 0.2) is 5.16 Å². The molecule has 24 heavy (non-hydrogen) atoms. The SMILES string of the molecule is C[C@@H](Sc1nc2ccsc2c(=O)n1C)c1nc(N)nc(N(C)C)n1. The first-order valence-corrected chi connectivity index (χ1v) is 8.92. The fourth-order valence-electron chi connectivity index (χ4n) is 2.06. The topological polar surface area (TPSA) is 103 Å². The molecule has 10 heteroatoms. The van der Waals surface area contributed by atoms with Crippen molar-refractivity contribution in [2.45, 2.75) is 17.3 Å². The lowest BCUT2D eigenvalue weighted by molar-refractivity contribution is 0.723. The van der Waals surface area contributed by atoms with Gasteiger partial charge in [-0.3, -0.25) is 9.36 Å². The van der Waals surface area contributed by atoms with Crippen LogP contribution in [0.4, 0.5) is 11.9 Å². The Hall–Kier alpha value is -2.20. The Kier molecular flexibility index (Phi) is 4.41. The second-order valence-corrected chi connectivity index (χ2v) is 7.62. The molecule has 0 spiro atoms. The van der Waals surface area contributed by atoms with Crippen LogP contribution in [-0.2, 0) is 7.05 Å². The second kappa shape index (κ2) is 6.36. The standard InChI is InChI=1S/C14H17N7OS2/c1-7(10-17-12(15)19-13(18-10)20(2)3)24-14-16-8-5-6-23-9(8)11(22)21(14)4/h5-7H,1-4H3,(H2,15,17,18,19)/t7-/m1/s1. The Bertz CT molecular complexity index is 950. The lowest BCUT2D eigenvalue weighted by Gasteiger charge is -2.15. The van der Waals surface area contributed by atoms with Gasteiger partial charge in [-0.2, -0.15) is 15.0 Å². The highest BCUT2D eigenvalue weighted by Crippen LogP contribution is 2.32. The Labute approximate surface area is 146 Å². The van der Waals surface area contributed by atoms with E-state index < -0.39 is 0 Å². The number of hydrogen-bond acceptors (Lipinski definition) is 9. The lowest BCUT2D eigenvalue weighted by atomic mass is 10.4. The molecule has 0 saturated carbocycles. The molecule has 0 unspecified atom stereocenters. The number of rotatable bonds is 4. The van der Waals surface area contributed by atoms with E-state index in [1.165, 1.54) is 23.1 Å². The lowest BCUT2D eigenvalue weighted by Crippen LogP contribution is -2.19. The van der Waals surface area contributed by atoms with Crippen LogP contribution in [-0.4, -0.2) is 38.6 Å². The van der Waals surface area contributed by atoms with E-state index in [0.29, 0.717) is 27.1 Å². The van der Waals surface area contributed by atoms with Gasteiger partial charge in [0, 0.05) is 21.1 Å². The Morgan fingerprint density at radius 1 is 1.29 bits per heavy atom. The molecule has 3 heterocycles. The minimum Gasteiger partial charge on any atom is -0.368 e. The summed E-state index contributed by atoms with van der Waals surface area (Å²) in [6.07, 6.45) is 0. The maximum absolute atomic E-state index is 12.4. The van der Waals surface area contributed by atoms with Gasteiger partial charge < -0.3 is 10.6 Å². The van der Waals surface area contributed by atoms with Crippen molar-refractivity contribution in [2.24, 2.45) is 7.05 Å². The van der Waals surface area contributed by atoms with Crippen LogP contribution < -0.4 is 16.2 Å². The highest BCUT2D eigenvalue weighted by atomic mass is 32.2. The van der Waals surface area contributed by atoms with Gasteiger partial charge in [-0.15, -0.1) is 11.3 Å². The van der Waals surface area contributed by atoms with Crippen LogP contribution in [0.3, 0.4) is 0 Å². The third kappa shape index (κ3) is 3.06. The summed E-state index contributed by atoms with van der Waals surface area (Å²) in [6, 6.07) is 1.85. The van der Waals surface area contributed by atoms with Crippen LogP contribution >= 0.6 is 23.1 Å². The van der Waals surface area contributed by atoms with Crippen LogP contribution in [0, 0.1) is 0 Å². The molecular weight excluding hydrogens is 346 g/mol. The van der Waals surface area contributed by atoms with Crippen molar-refractivity contribution in [3.63, 3.8) is 0 Å². The number of nitrogens with two attached hydrogens (primary N) is 1. The second-order valence-electron chi connectivity index (χ2n) is 5.40. The zero-order valence-electron chi connectivity index (χ0n) is 13.7. The van der Waals surface area contributed by atoms with Crippen molar-refractivity contribution in [3.05, 3.63) is 27.6 Å². The number of aromatic nitrogens is 5. The van der Waals surface area contributed by atoms with Crippen molar-refractivity contribution >= 4 is 45.2 Å². The molecule has 0 aliphatic heterocycles. The fraction of sp³-hybridized carbons (Fsp3) is 0.357. The van der Waals surface area contributed by atoms with Crippen LogP contribution in [0.1, 0.15) is 18.0 Å². The summed E-state index contributed by atoms with van der Waals surface area (Å²) in [7, 11) is 5.40. The van der Waals surface area contributed by atoms with E-state index in [1.807, 2.05) is 32.5 Å². The molecule has 3 rings (SSSR count). The van der Waals surface area contributed by atoms with Gasteiger partial charge in [0.05, 0.1) is 10.8 Å². The molecule has 0 radical (unpaired) electrons. The zero-order valence-corrected chi connectivity index (χ0v) is 15.4. The monoisotopic (exact) mass is 363 g/mol. The number of nitrogen functional groups attached to an aromatic ring is 1. The molecular formula is C14H17N7OS2. The summed E-state index contributed by atoms with van der Waals surface area (Å²) in [5, 5.41) is 2.35. The van der Waals surface area contributed by atoms with Gasteiger partial charge in [-0.05, 0) is 18.4 Å². The first-order valence-electron chi connectivity index (χ1n) is 7.16. The molecule has 8 nitrogen and oxygen atoms in total. The van der Waals surface area contributed by atoms with Gasteiger partial charge in [-0.25, -0.2) is 4.98 Å². The van der Waals surface area contributed by atoms with E-state index in [2.05, 4.69) is 19.9 Å². The summed E-state index contributed by atoms with van der Waals surface area (Å²) < 4.78 is 2.21. The van der Waals surface area contributed by atoms with E-state index in [1.54, 1.807) is 16.5 Å². The minimum absolute atomic E-state index is 0.0474. The van der Waals surface area contributed by atoms with Crippen molar-refractivity contribution in [3.8, 4) is 0 Å². The number of anilines is 2. The van der Waals surface area contributed by atoms with Gasteiger partial charge in [0.2, 0.25) is 11.9 Å². The van der Waals surface area contributed by atoms with E-state index in [4.69, 9.17) is 5.73 Å². The van der Waals surface area contributed by atoms with E-state index in [9.17, 15) is 4.79 Å². The number of nitrogens with zero attached hydrogens (tertiary/aromatic N) is 6. The molecule has 126 valence electrons. The Morgan fingerprint density at radius 2 is 2.04 bits per heavy atom. The third-order valence-electron chi connectivity index (χ3n) is 3.35. The number of thiophene rings is 1. The molecule has 0 bridgehead atoms. The van der Waals surface area contributed by atoms with E-state index >= 15 is 0 Å². The maximum atomic E-state index is 12.4. The smallest absolute Gasteiger partial charge is 0.271 e. The number of thioether (sulfide) groups is 1. The molecule has 0 aliphatic rings. The third-order valence-corrected chi connectivity index (χ3v) is 5.38. The molecule has 0 saturated heterocycles. The first kappa shape index (κ1) is 16.7. The summed E-state index contributed by atoms with van der Waals surface area (Å²) in [5.74, 6) is 1.22. The normalized spacial score (nSPS) is 12.5. The predicted molar refractivity (Wildman–Crippen MR) is 97.7 cm³/mol. The van der Waals surface area contributed by atoms with Gasteiger partial charge >= 0.3 is 0 Å². The van der Waals surface area contributed by atoms with Crippen molar-refractivity contribution in [1.82, 2.24) is 24.5 Å². The quantitative estimate of drug-likeness (QED) is 0.552. The summed E-state index contributed by atoms with van der Waals surface area (Å²) >= 11 is 2.81. The van der Waals surface area contributed by atoms with Crippen LogP contribution in [0.2, 0.25) is 0 Å². The highest BCUT2D eigenvalue weighted by Gasteiger charge is 2.18. The summed E-state index contributed by atoms with van der Waals surface area (Å²) in [5.41, 5.74) is 6.44. The molecule has 3 aromatic rings. The van der Waals surface area contributed by atoms with Crippen molar-refractivity contribution in [1.29, 1.82) is 0 Å². The van der Waals surface area contributed by atoms with Gasteiger partial charge in [0.1, 0.15) is 10.5 Å². The van der Waals surface area contributed by atoms with Gasteiger partial charge in [0.25, 0.3) is 5.56 Å². The number of fused-ring (bicyclic) bond motifs is 1. The molecule has 0 aliphatic carbocycles. The Balaban J connectivity index is 1.97. The van der Waals surface area contributed by atoms with Crippen LogP contribution in [0.15, 0.2) is 21.4 Å². The summed E-state index contributed by atoms with van der Waals surface area (Å²) in [4.78, 5) is 31.4. The van der Waals surface area contributed by atoms with Crippen molar-refractivity contribution in [2.75, 3.05) is 24.7 Å². The first-order chi connectivity index (χ1) is 11.4. The average molecular weight is 363 g/mol. The largest absolute Gasteiger partial charge is 0.368 e. The minimum atomic E-state index is -0.136. The zero-order chi connectivity index (χ0) is 17.4. The average Bonchev–Trinajstić information content (AvgIpc) is 3.00. The fourth-order valence-corrected chi connectivity index (χ4v) is 3.79. The van der Waals surface area contributed by atoms with E-state index in [-0.39, 0.29) is 16.8 Å². The van der Waals surface area contributed by atoms with Crippen LogP contribution in [0.5, 0.6) is 0 Å². The molecule has 3 aromatic heterocycles. The predicted octanol–water partition coefficient (Wildman–Crippen LogP) is 1.68. The van der Waals surface area contributed by atoms with Crippen molar-refractivity contribution < 1.29 is 0 Å². The summed E-state index contributed by atoms with van der Waals surface area (Å²) in [6.45, 7) is 1.95. The molecule has 0 aromatic carbocycles. The molecule has 0 fully saturated rings. The van der Waals surface area contributed by atoms with Crippen LogP contribution in [0.25, 0.3) is 10.2 Å². The molecule has 2 N–H and O–H groups in total. The number of hydrogen-bond donors (Lipinski definition) is 1. The van der Waals surface area contributed by atoms with Gasteiger partial charge in [-0.1, -0.05) is 11.8 Å². The van der Waals surface area contributed by atoms with E-state index in [0.717, 1.165) is 0 Å². The molecule has 0 amide bonds. The maximum Gasteiger partial charge on any atom is 0.271 e. The Morgan fingerprint density at radius 3 is 2.75 bits per heavy atom. The highest BCUT2D eigenvalue weighted by molar-refractivity contribution is 7.99. The molecule has 1 atom stereocenters.